The van der Waals surface area contributed by atoms with Crippen LogP contribution in [-0.4, -0.2) is 54.3 Å². The third kappa shape index (κ3) is 4.37. The first kappa shape index (κ1) is 24.0. The predicted molar refractivity (Wildman–Crippen MR) is 153 cm³/mol. The van der Waals surface area contributed by atoms with E-state index in [0.717, 1.165) is 72.1 Å². The second-order valence-corrected chi connectivity index (χ2v) is 11.1. The number of likely N-dealkylation sites (tertiary alicyclic amines) is 1. The van der Waals surface area contributed by atoms with E-state index in [2.05, 4.69) is 57.3 Å². The smallest absolute Gasteiger partial charge is 0.245 e. The highest BCUT2D eigenvalue weighted by Gasteiger charge is 2.28. The molecule has 1 amide bonds. The van der Waals surface area contributed by atoms with Crippen molar-refractivity contribution in [3.8, 4) is 22.2 Å². The van der Waals surface area contributed by atoms with Gasteiger partial charge in [0.05, 0.1) is 4.88 Å². The Morgan fingerprint density at radius 1 is 1.08 bits per heavy atom. The number of nitrogens with one attached hydrogen (secondary N) is 1. The zero-order chi connectivity index (χ0) is 26.3. The van der Waals surface area contributed by atoms with Crippen molar-refractivity contribution >= 4 is 28.4 Å². The van der Waals surface area contributed by atoms with Gasteiger partial charge in [-0.3, -0.25) is 9.36 Å². The number of fused-ring (bicyclic) bond motifs is 2. The standard InChI is InChI=1S/C30H29N7OS/c1-2-28(38)35-16-12-21(13-17-35)32-24-9-6-20-19-22(7-8-23(20)24)37-29-25(33-30(37)26-5-3-18-39-26)10-11-27(34-29)36-15-4-14-31-36/h2-5,7-8,10-11,14-15,18-19,21,24,32H,1,6,9,12-13,16-17H2/t24-/m0/s1. The van der Waals surface area contributed by atoms with Gasteiger partial charge in [-0.25, -0.2) is 14.6 Å². The number of carbonyl (C=O) groups is 1. The maximum absolute atomic E-state index is 11.9. The first-order valence-electron chi connectivity index (χ1n) is 13.4. The molecule has 7 rings (SSSR count). The Balaban J connectivity index is 1.21. The number of benzene rings is 1. The summed E-state index contributed by atoms with van der Waals surface area (Å²) in [5.41, 5.74) is 5.49. The van der Waals surface area contributed by atoms with E-state index in [-0.39, 0.29) is 5.91 Å². The van der Waals surface area contributed by atoms with Crippen LogP contribution < -0.4 is 5.32 Å². The molecule has 2 aliphatic rings. The normalized spacial score (nSPS) is 17.5. The lowest BCUT2D eigenvalue weighted by molar-refractivity contribution is -0.127. The number of hydrogen-bond acceptors (Lipinski definition) is 6. The van der Waals surface area contributed by atoms with Gasteiger partial charge < -0.3 is 10.2 Å². The maximum atomic E-state index is 11.9. The summed E-state index contributed by atoms with van der Waals surface area (Å²) in [4.78, 5) is 24.9. The highest BCUT2D eigenvalue weighted by atomic mass is 32.1. The van der Waals surface area contributed by atoms with Gasteiger partial charge in [0.15, 0.2) is 17.3 Å². The van der Waals surface area contributed by atoms with Crippen molar-refractivity contribution in [1.82, 2.24) is 34.5 Å². The second-order valence-electron chi connectivity index (χ2n) is 10.2. The van der Waals surface area contributed by atoms with Crippen molar-refractivity contribution in [1.29, 1.82) is 0 Å². The number of nitrogens with zero attached hydrogens (tertiary/aromatic N) is 6. The van der Waals surface area contributed by atoms with Crippen molar-refractivity contribution in [3.63, 3.8) is 0 Å². The SMILES string of the molecule is C=CC(=O)N1CCC(N[C@H]2CCc3cc(-n4c(-c5cccs5)nc5ccc(-n6cccn6)nc54)ccc32)CC1. The first-order chi connectivity index (χ1) is 19.2. The molecule has 5 aromatic rings. The lowest BCUT2D eigenvalue weighted by Crippen LogP contribution is -2.45. The summed E-state index contributed by atoms with van der Waals surface area (Å²) in [6.45, 7) is 5.19. The molecule has 196 valence electrons. The molecular formula is C30H29N7OS. The molecule has 39 heavy (non-hydrogen) atoms. The van der Waals surface area contributed by atoms with Gasteiger partial charge in [0.25, 0.3) is 0 Å². The first-order valence-corrected chi connectivity index (χ1v) is 14.3. The van der Waals surface area contributed by atoms with Crippen LogP contribution >= 0.6 is 11.3 Å². The number of carbonyl (C=O) groups excluding carboxylic acids is 1. The molecule has 1 aliphatic carbocycles. The van der Waals surface area contributed by atoms with Crippen LogP contribution in [0.1, 0.15) is 36.4 Å². The van der Waals surface area contributed by atoms with E-state index in [0.29, 0.717) is 12.1 Å². The summed E-state index contributed by atoms with van der Waals surface area (Å²) in [6, 6.07) is 17.6. The molecule has 1 atom stereocenters. The molecule has 9 heteroatoms. The largest absolute Gasteiger partial charge is 0.339 e. The zero-order valence-corrected chi connectivity index (χ0v) is 22.3. The van der Waals surface area contributed by atoms with Gasteiger partial charge in [-0.05, 0) is 84.7 Å². The fourth-order valence-corrected chi connectivity index (χ4v) is 6.59. The summed E-state index contributed by atoms with van der Waals surface area (Å²) < 4.78 is 3.96. The number of amides is 1. The molecule has 1 fully saturated rings. The van der Waals surface area contributed by atoms with E-state index in [1.54, 1.807) is 22.2 Å². The quantitative estimate of drug-likeness (QED) is 0.307. The van der Waals surface area contributed by atoms with Crippen LogP contribution in [0.5, 0.6) is 0 Å². The minimum atomic E-state index is 0.0346. The number of aryl methyl sites for hydroxylation is 1. The van der Waals surface area contributed by atoms with E-state index in [4.69, 9.17) is 9.97 Å². The molecule has 0 unspecified atom stereocenters. The molecule has 8 nitrogen and oxygen atoms in total. The number of hydrogen-bond donors (Lipinski definition) is 1. The average molecular weight is 536 g/mol. The Kier molecular flexibility index (Phi) is 6.09. The summed E-state index contributed by atoms with van der Waals surface area (Å²) >= 11 is 1.68. The van der Waals surface area contributed by atoms with Crippen LogP contribution in [0.4, 0.5) is 0 Å². The Morgan fingerprint density at radius 2 is 1.97 bits per heavy atom. The summed E-state index contributed by atoms with van der Waals surface area (Å²) in [5, 5.41) is 10.3. The van der Waals surface area contributed by atoms with E-state index < -0.39 is 0 Å². The monoisotopic (exact) mass is 535 g/mol. The number of thiophene rings is 1. The lowest BCUT2D eigenvalue weighted by Gasteiger charge is -2.33. The highest BCUT2D eigenvalue weighted by molar-refractivity contribution is 7.13. The predicted octanol–water partition coefficient (Wildman–Crippen LogP) is 5.09. The van der Waals surface area contributed by atoms with Crippen molar-refractivity contribution in [3.05, 3.63) is 90.1 Å². The van der Waals surface area contributed by atoms with Crippen LogP contribution in [0.3, 0.4) is 0 Å². The molecule has 1 aromatic carbocycles. The van der Waals surface area contributed by atoms with Gasteiger partial charge in [0, 0.05) is 43.3 Å². The Morgan fingerprint density at radius 3 is 2.74 bits per heavy atom. The molecule has 1 aliphatic heterocycles. The van der Waals surface area contributed by atoms with Crippen LogP contribution in [-0.2, 0) is 11.2 Å². The van der Waals surface area contributed by atoms with Crippen molar-refractivity contribution < 1.29 is 4.79 Å². The van der Waals surface area contributed by atoms with Gasteiger partial charge >= 0.3 is 0 Å². The molecule has 0 spiro atoms. The van der Waals surface area contributed by atoms with E-state index in [1.165, 1.54) is 17.2 Å². The molecule has 1 N–H and O–H groups in total. The van der Waals surface area contributed by atoms with E-state index in [1.807, 2.05) is 29.3 Å². The lowest BCUT2D eigenvalue weighted by atomic mass is 10.0. The van der Waals surface area contributed by atoms with Gasteiger partial charge in [-0.15, -0.1) is 11.3 Å². The number of rotatable bonds is 6. The summed E-state index contributed by atoms with van der Waals surface area (Å²) in [7, 11) is 0. The molecule has 0 saturated carbocycles. The Bertz CT molecular complexity index is 1650. The Labute approximate surface area is 230 Å². The number of aromatic nitrogens is 5. The fraction of sp³-hybridized carbons (Fsp3) is 0.267. The fourth-order valence-electron chi connectivity index (χ4n) is 5.89. The second kappa shape index (κ2) is 9.91. The molecule has 4 aromatic heterocycles. The summed E-state index contributed by atoms with van der Waals surface area (Å²) in [6.07, 6.45) is 9.13. The van der Waals surface area contributed by atoms with Gasteiger partial charge in [0.1, 0.15) is 5.52 Å². The topological polar surface area (TPSA) is 80.9 Å². The van der Waals surface area contributed by atoms with Crippen molar-refractivity contribution in [2.75, 3.05) is 13.1 Å². The van der Waals surface area contributed by atoms with Crippen LogP contribution in [0, 0.1) is 0 Å². The third-order valence-electron chi connectivity index (χ3n) is 7.85. The van der Waals surface area contributed by atoms with E-state index >= 15 is 0 Å². The molecule has 1 saturated heterocycles. The van der Waals surface area contributed by atoms with Crippen molar-refractivity contribution in [2.24, 2.45) is 0 Å². The average Bonchev–Trinajstić information content (AvgIpc) is 3.78. The van der Waals surface area contributed by atoms with Crippen molar-refractivity contribution in [2.45, 2.75) is 37.8 Å². The molecule has 0 bridgehead atoms. The van der Waals surface area contributed by atoms with Gasteiger partial charge in [-0.1, -0.05) is 18.7 Å². The third-order valence-corrected chi connectivity index (χ3v) is 8.72. The number of imidazole rings is 1. The number of piperidine rings is 1. The van der Waals surface area contributed by atoms with Crippen LogP contribution in [0.2, 0.25) is 0 Å². The Hall–Kier alpha value is -4.08. The molecule has 5 heterocycles. The molecular weight excluding hydrogens is 506 g/mol. The van der Waals surface area contributed by atoms with E-state index in [9.17, 15) is 4.79 Å². The molecule has 0 radical (unpaired) electrons. The minimum Gasteiger partial charge on any atom is -0.339 e. The van der Waals surface area contributed by atoms with Gasteiger partial charge in [-0.2, -0.15) is 5.10 Å². The maximum Gasteiger partial charge on any atom is 0.245 e. The van der Waals surface area contributed by atoms with Gasteiger partial charge in [0.2, 0.25) is 5.91 Å². The zero-order valence-electron chi connectivity index (χ0n) is 21.5. The van der Waals surface area contributed by atoms with Crippen LogP contribution in [0.15, 0.2) is 79.0 Å². The minimum absolute atomic E-state index is 0.0346. The highest BCUT2D eigenvalue weighted by Crippen LogP contribution is 2.36. The summed E-state index contributed by atoms with van der Waals surface area (Å²) in [5.74, 6) is 1.70. The number of pyridine rings is 1. The van der Waals surface area contributed by atoms with Crippen LogP contribution in [0.25, 0.3) is 33.4 Å².